The van der Waals surface area contributed by atoms with Crippen LogP contribution in [0.5, 0.6) is 0 Å². The van der Waals surface area contributed by atoms with E-state index in [1.807, 2.05) is 18.3 Å². The number of rotatable bonds is 3. The number of anilines is 2. The molecule has 1 aliphatic heterocycles. The number of pyridine rings is 1. The molecule has 0 aromatic carbocycles. The molecule has 0 bridgehead atoms. The highest BCUT2D eigenvalue weighted by Crippen LogP contribution is 2.32. The second-order valence-corrected chi connectivity index (χ2v) is 7.76. The molecule has 4 rings (SSSR count). The van der Waals surface area contributed by atoms with Crippen molar-refractivity contribution in [3.05, 3.63) is 35.0 Å². The molecule has 1 fully saturated rings. The zero-order chi connectivity index (χ0) is 17.2. The SMILES string of the molecule is CC(=O)Nc1nc2c(s1)CC(N1CCN(c3ccccn3)CC1)CC2. The number of aromatic nitrogens is 2. The molecule has 1 amide bonds. The lowest BCUT2D eigenvalue weighted by atomic mass is 9.96. The predicted octanol–water partition coefficient (Wildman–Crippen LogP) is 2.18. The summed E-state index contributed by atoms with van der Waals surface area (Å²) >= 11 is 1.64. The number of amides is 1. The Bertz CT molecular complexity index is 739. The summed E-state index contributed by atoms with van der Waals surface area (Å²) < 4.78 is 0. The van der Waals surface area contributed by atoms with Crippen LogP contribution in [0.1, 0.15) is 23.9 Å². The first-order valence-corrected chi connectivity index (χ1v) is 9.67. The third-order valence-corrected chi connectivity index (χ3v) is 6.04. The minimum atomic E-state index is -0.0479. The predicted molar refractivity (Wildman–Crippen MR) is 100 cm³/mol. The average Bonchev–Trinajstić information content (AvgIpc) is 3.03. The highest BCUT2D eigenvalue weighted by atomic mass is 32.1. The number of hydrogen-bond donors (Lipinski definition) is 1. The zero-order valence-corrected chi connectivity index (χ0v) is 15.3. The molecule has 2 aliphatic rings. The number of thiazole rings is 1. The normalized spacial score (nSPS) is 21.0. The van der Waals surface area contributed by atoms with Crippen molar-refractivity contribution in [1.29, 1.82) is 0 Å². The lowest BCUT2D eigenvalue weighted by Crippen LogP contribution is -2.51. The van der Waals surface area contributed by atoms with Crippen LogP contribution in [0.4, 0.5) is 10.9 Å². The Hall–Kier alpha value is -1.99. The van der Waals surface area contributed by atoms with Crippen LogP contribution in [0.15, 0.2) is 24.4 Å². The number of aryl methyl sites for hydroxylation is 1. The fourth-order valence-electron chi connectivity index (χ4n) is 3.73. The Morgan fingerprint density at radius 3 is 2.84 bits per heavy atom. The minimum Gasteiger partial charge on any atom is -0.354 e. The lowest BCUT2D eigenvalue weighted by molar-refractivity contribution is -0.114. The van der Waals surface area contributed by atoms with Gasteiger partial charge in [-0.05, 0) is 31.4 Å². The van der Waals surface area contributed by atoms with Gasteiger partial charge in [-0.2, -0.15) is 0 Å². The van der Waals surface area contributed by atoms with Gasteiger partial charge in [-0.25, -0.2) is 9.97 Å². The molecule has 3 heterocycles. The Morgan fingerprint density at radius 2 is 2.12 bits per heavy atom. The summed E-state index contributed by atoms with van der Waals surface area (Å²) in [6, 6.07) is 6.69. The molecule has 0 spiro atoms. The van der Waals surface area contributed by atoms with E-state index in [9.17, 15) is 4.79 Å². The van der Waals surface area contributed by atoms with Crippen molar-refractivity contribution in [2.75, 3.05) is 36.4 Å². The van der Waals surface area contributed by atoms with Crippen molar-refractivity contribution >= 4 is 28.2 Å². The third-order valence-electron chi connectivity index (χ3n) is 5.00. The summed E-state index contributed by atoms with van der Waals surface area (Å²) in [4.78, 5) is 26.6. The van der Waals surface area contributed by atoms with Crippen LogP contribution in [0.3, 0.4) is 0 Å². The molecule has 1 N–H and O–H groups in total. The Kier molecular flexibility index (Phi) is 4.67. The summed E-state index contributed by atoms with van der Waals surface area (Å²) in [5, 5.41) is 3.57. The van der Waals surface area contributed by atoms with Crippen molar-refractivity contribution in [3.63, 3.8) is 0 Å². The average molecular weight is 357 g/mol. The summed E-state index contributed by atoms with van der Waals surface area (Å²) in [5.74, 6) is 1.03. The summed E-state index contributed by atoms with van der Waals surface area (Å²) in [7, 11) is 0. The van der Waals surface area contributed by atoms with Gasteiger partial charge < -0.3 is 10.2 Å². The van der Waals surface area contributed by atoms with Gasteiger partial charge in [0.2, 0.25) is 5.91 Å². The molecule has 6 nitrogen and oxygen atoms in total. The molecule has 132 valence electrons. The Morgan fingerprint density at radius 1 is 1.28 bits per heavy atom. The van der Waals surface area contributed by atoms with E-state index in [1.54, 1.807) is 11.3 Å². The van der Waals surface area contributed by atoms with Gasteiger partial charge in [-0.1, -0.05) is 6.07 Å². The van der Waals surface area contributed by atoms with E-state index in [0.29, 0.717) is 6.04 Å². The van der Waals surface area contributed by atoms with Crippen LogP contribution in [0.2, 0.25) is 0 Å². The van der Waals surface area contributed by atoms with E-state index in [0.717, 1.165) is 56.4 Å². The standard InChI is InChI=1S/C18H23N5OS/c1-13(24)20-18-21-15-6-5-14(12-16(15)25-18)22-8-10-23(11-9-22)17-4-2-3-7-19-17/h2-4,7,14H,5-6,8-12H2,1H3,(H,20,21,24). The second kappa shape index (κ2) is 7.09. The third kappa shape index (κ3) is 3.67. The van der Waals surface area contributed by atoms with E-state index in [2.05, 4.69) is 31.2 Å². The number of piperazine rings is 1. The summed E-state index contributed by atoms with van der Waals surface area (Å²) in [6.07, 6.45) is 5.08. The molecule has 2 aromatic rings. The first-order chi connectivity index (χ1) is 12.2. The monoisotopic (exact) mass is 357 g/mol. The zero-order valence-electron chi connectivity index (χ0n) is 14.4. The summed E-state index contributed by atoms with van der Waals surface area (Å²) in [5.41, 5.74) is 1.18. The van der Waals surface area contributed by atoms with E-state index in [4.69, 9.17) is 0 Å². The molecule has 0 radical (unpaired) electrons. The van der Waals surface area contributed by atoms with Crippen LogP contribution < -0.4 is 10.2 Å². The smallest absolute Gasteiger partial charge is 0.223 e. The van der Waals surface area contributed by atoms with Crippen LogP contribution in [-0.4, -0.2) is 53.0 Å². The molecule has 1 aliphatic carbocycles. The molecular formula is C18H23N5OS. The maximum absolute atomic E-state index is 11.2. The topological polar surface area (TPSA) is 61.4 Å². The summed E-state index contributed by atoms with van der Waals surface area (Å²) in [6.45, 7) is 5.74. The van der Waals surface area contributed by atoms with Gasteiger partial charge in [0.05, 0.1) is 5.69 Å². The number of hydrogen-bond acceptors (Lipinski definition) is 6. The van der Waals surface area contributed by atoms with Crippen LogP contribution >= 0.6 is 11.3 Å². The van der Waals surface area contributed by atoms with Gasteiger partial charge in [0.1, 0.15) is 5.82 Å². The lowest BCUT2D eigenvalue weighted by Gasteiger charge is -2.40. The highest BCUT2D eigenvalue weighted by Gasteiger charge is 2.29. The number of nitrogens with zero attached hydrogens (tertiary/aromatic N) is 4. The van der Waals surface area contributed by atoms with Gasteiger partial charge >= 0.3 is 0 Å². The Balaban J connectivity index is 1.36. The quantitative estimate of drug-likeness (QED) is 0.912. The largest absolute Gasteiger partial charge is 0.354 e. The van der Waals surface area contributed by atoms with Gasteiger partial charge in [-0.3, -0.25) is 9.69 Å². The van der Waals surface area contributed by atoms with Gasteiger partial charge in [0.15, 0.2) is 5.13 Å². The molecule has 1 saturated heterocycles. The number of fused-ring (bicyclic) bond motifs is 1. The van der Waals surface area contributed by atoms with E-state index >= 15 is 0 Å². The fraction of sp³-hybridized carbons (Fsp3) is 0.500. The maximum Gasteiger partial charge on any atom is 0.223 e. The Labute approximate surface area is 151 Å². The van der Waals surface area contributed by atoms with E-state index < -0.39 is 0 Å². The minimum absolute atomic E-state index is 0.0479. The fourth-order valence-corrected chi connectivity index (χ4v) is 4.86. The van der Waals surface area contributed by atoms with Crippen LogP contribution in [0, 0.1) is 0 Å². The second-order valence-electron chi connectivity index (χ2n) is 6.68. The molecule has 1 atom stereocenters. The molecule has 25 heavy (non-hydrogen) atoms. The maximum atomic E-state index is 11.2. The molecule has 0 saturated carbocycles. The van der Waals surface area contributed by atoms with E-state index in [1.165, 1.54) is 17.5 Å². The van der Waals surface area contributed by atoms with Crippen molar-refractivity contribution in [2.24, 2.45) is 0 Å². The number of carbonyl (C=O) groups excluding carboxylic acids is 1. The van der Waals surface area contributed by atoms with Crippen molar-refractivity contribution in [2.45, 2.75) is 32.2 Å². The molecular weight excluding hydrogens is 334 g/mol. The van der Waals surface area contributed by atoms with Crippen LogP contribution in [-0.2, 0) is 17.6 Å². The van der Waals surface area contributed by atoms with E-state index in [-0.39, 0.29) is 5.91 Å². The molecule has 7 heteroatoms. The first-order valence-electron chi connectivity index (χ1n) is 8.85. The van der Waals surface area contributed by atoms with Gasteiger partial charge in [0.25, 0.3) is 0 Å². The highest BCUT2D eigenvalue weighted by molar-refractivity contribution is 7.15. The first kappa shape index (κ1) is 16.5. The van der Waals surface area contributed by atoms with Crippen molar-refractivity contribution in [3.8, 4) is 0 Å². The number of nitrogens with one attached hydrogen (secondary N) is 1. The molecule has 1 unspecified atom stereocenters. The van der Waals surface area contributed by atoms with Crippen molar-refractivity contribution < 1.29 is 4.79 Å². The van der Waals surface area contributed by atoms with Crippen LogP contribution in [0.25, 0.3) is 0 Å². The van der Waals surface area contributed by atoms with Gasteiger partial charge in [-0.15, -0.1) is 11.3 Å². The number of carbonyl (C=O) groups is 1. The molecule has 2 aromatic heterocycles. The van der Waals surface area contributed by atoms with Gasteiger partial charge in [0, 0.05) is 50.2 Å². The van der Waals surface area contributed by atoms with Crippen molar-refractivity contribution in [1.82, 2.24) is 14.9 Å².